The van der Waals surface area contributed by atoms with Crippen LogP contribution in [-0.2, 0) is 4.79 Å². The first kappa shape index (κ1) is 17.0. The SMILES string of the molecule is CC1(CN2CCCC(C(=O)NCC3CC3)C2)CCNC1.Cl. The summed E-state index contributed by atoms with van der Waals surface area (Å²) in [7, 11) is 0. The van der Waals surface area contributed by atoms with E-state index in [9.17, 15) is 4.79 Å². The second kappa shape index (κ2) is 7.30. The Morgan fingerprint density at radius 2 is 2.19 bits per heavy atom. The zero-order chi connectivity index (χ0) is 14.0. The maximum absolute atomic E-state index is 12.2. The first-order valence-corrected chi connectivity index (χ1v) is 8.35. The maximum Gasteiger partial charge on any atom is 0.224 e. The van der Waals surface area contributed by atoms with Crippen molar-refractivity contribution < 1.29 is 4.79 Å². The Bertz CT molecular complexity index is 353. The van der Waals surface area contributed by atoms with Crippen LogP contribution in [0.15, 0.2) is 0 Å². The van der Waals surface area contributed by atoms with E-state index in [1.807, 2.05) is 0 Å². The molecule has 5 heteroatoms. The van der Waals surface area contributed by atoms with Crippen LogP contribution in [-0.4, -0.2) is 50.1 Å². The normalized spacial score (nSPS) is 33.5. The standard InChI is InChI=1S/C16H29N3O.ClH/c1-16(6-7-17-11-16)12-19-8-2-3-14(10-19)15(20)18-9-13-4-5-13;/h13-14,17H,2-12H2,1H3,(H,18,20);1H. The summed E-state index contributed by atoms with van der Waals surface area (Å²) in [5.74, 6) is 1.30. The molecule has 2 N–H and O–H groups in total. The van der Waals surface area contributed by atoms with Gasteiger partial charge in [-0.3, -0.25) is 4.79 Å². The summed E-state index contributed by atoms with van der Waals surface area (Å²) in [5.41, 5.74) is 0.409. The van der Waals surface area contributed by atoms with Gasteiger partial charge in [0.25, 0.3) is 0 Å². The number of nitrogens with zero attached hydrogens (tertiary/aromatic N) is 1. The largest absolute Gasteiger partial charge is 0.356 e. The fourth-order valence-electron chi connectivity index (χ4n) is 3.67. The molecule has 0 spiro atoms. The highest BCUT2D eigenvalue weighted by molar-refractivity contribution is 5.85. The molecule has 0 aromatic carbocycles. The minimum Gasteiger partial charge on any atom is -0.356 e. The van der Waals surface area contributed by atoms with Gasteiger partial charge in [0.05, 0.1) is 5.92 Å². The van der Waals surface area contributed by atoms with Crippen LogP contribution in [0.4, 0.5) is 0 Å². The maximum atomic E-state index is 12.2. The quantitative estimate of drug-likeness (QED) is 0.811. The van der Waals surface area contributed by atoms with E-state index in [-0.39, 0.29) is 18.3 Å². The van der Waals surface area contributed by atoms with Crippen LogP contribution in [0, 0.1) is 17.3 Å². The fraction of sp³-hybridized carbons (Fsp3) is 0.938. The van der Waals surface area contributed by atoms with Gasteiger partial charge in [-0.2, -0.15) is 0 Å². The van der Waals surface area contributed by atoms with Crippen molar-refractivity contribution in [2.24, 2.45) is 17.3 Å². The molecular formula is C16H30ClN3O. The molecule has 1 amide bonds. The van der Waals surface area contributed by atoms with Crippen molar-refractivity contribution in [2.45, 2.75) is 39.0 Å². The number of carbonyl (C=O) groups is 1. The smallest absolute Gasteiger partial charge is 0.224 e. The van der Waals surface area contributed by atoms with E-state index >= 15 is 0 Å². The average Bonchev–Trinajstić information content (AvgIpc) is 3.18. The van der Waals surface area contributed by atoms with E-state index in [0.717, 1.165) is 45.1 Å². The lowest BCUT2D eigenvalue weighted by Crippen LogP contribution is -2.47. The van der Waals surface area contributed by atoms with E-state index in [4.69, 9.17) is 0 Å². The summed E-state index contributed by atoms with van der Waals surface area (Å²) < 4.78 is 0. The zero-order valence-corrected chi connectivity index (χ0v) is 14.0. The van der Waals surface area contributed by atoms with Crippen molar-refractivity contribution >= 4 is 18.3 Å². The van der Waals surface area contributed by atoms with Crippen molar-refractivity contribution in [2.75, 3.05) is 39.3 Å². The molecule has 0 radical (unpaired) electrons. The molecular weight excluding hydrogens is 286 g/mol. The molecule has 2 atom stereocenters. The number of amides is 1. The molecule has 2 heterocycles. The van der Waals surface area contributed by atoms with Gasteiger partial charge in [-0.15, -0.1) is 12.4 Å². The van der Waals surface area contributed by atoms with Crippen LogP contribution < -0.4 is 10.6 Å². The molecule has 2 unspecified atom stereocenters. The van der Waals surface area contributed by atoms with E-state index in [0.29, 0.717) is 11.3 Å². The highest BCUT2D eigenvalue weighted by Gasteiger charge is 2.34. The third-order valence-corrected chi connectivity index (χ3v) is 5.20. The van der Waals surface area contributed by atoms with E-state index in [1.165, 1.54) is 32.2 Å². The summed E-state index contributed by atoms with van der Waals surface area (Å²) in [6, 6.07) is 0. The van der Waals surface area contributed by atoms with Crippen LogP contribution in [0.3, 0.4) is 0 Å². The molecule has 0 bridgehead atoms. The van der Waals surface area contributed by atoms with Gasteiger partial charge in [0.15, 0.2) is 0 Å². The van der Waals surface area contributed by atoms with Gasteiger partial charge in [-0.1, -0.05) is 6.92 Å². The van der Waals surface area contributed by atoms with Gasteiger partial charge in [0, 0.05) is 26.2 Å². The molecule has 3 fully saturated rings. The van der Waals surface area contributed by atoms with Crippen LogP contribution in [0.5, 0.6) is 0 Å². The minimum atomic E-state index is 0. The molecule has 0 aromatic heterocycles. The second-order valence-corrected chi connectivity index (χ2v) is 7.50. The number of hydrogen-bond acceptors (Lipinski definition) is 3. The summed E-state index contributed by atoms with van der Waals surface area (Å²) in [5, 5.41) is 6.63. The van der Waals surface area contributed by atoms with E-state index in [2.05, 4.69) is 22.5 Å². The summed E-state index contributed by atoms with van der Waals surface area (Å²) in [6.07, 6.45) is 6.12. The number of carbonyl (C=O) groups excluding carboxylic acids is 1. The molecule has 1 aliphatic carbocycles. The predicted octanol–water partition coefficient (Wildman–Crippen LogP) is 1.65. The lowest BCUT2D eigenvalue weighted by atomic mass is 9.87. The van der Waals surface area contributed by atoms with Gasteiger partial charge in [-0.05, 0) is 56.5 Å². The number of nitrogens with one attached hydrogen (secondary N) is 2. The molecule has 2 aliphatic heterocycles. The molecule has 21 heavy (non-hydrogen) atoms. The molecule has 122 valence electrons. The Morgan fingerprint density at radius 1 is 1.38 bits per heavy atom. The summed E-state index contributed by atoms with van der Waals surface area (Å²) >= 11 is 0. The highest BCUT2D eigenvalue weighted by atomic mass is 35.5. The van der Waals surface area contributed by atoms with Crippen molar-refractivity contribution in [3.05, 3.63) is 0 Å². The zero-order valence-electron chi connectivity index (χ0n) is 13.2. The Kier molecular flexibility index (Phi) is 5.92. The topological polar surface area (TPSA) is 44.4 Å². The second-order valence-electron chi connectivity index (χ2n) is 7.50. The van der Waals surface area contributed by atoms with Gasteiger partial charge in [0.2, 0.25) is 5.91 Å². The number of rotatable bonds is 5. The Labute approximate surface area is 134 Å². The minimum absolute atomic E-state index is 0. The van der Waals surface area contributed by atoms with Crippen molar-refractivity contribution in [1.82, 2.24) is 15.5 Å². The van der Waals surface area contributed by atoms with Crippen molar-refractivity contribution in [3.63, 3.8) is 0 Å². The third-order valence-electron chi connectivity index (χ3n) is 5.20. The monoisotopic (exact) mass is 315 g/mol. The first-order chi connectivity index (χ1) is 9.65. The number of halogens is 1. The lowest BCUT2D eigenvalue weighted by molar-refractivity contribution is -0.126. The van der Waals surface area contributed by atoms with Crippen molar-refractivity contribution in [3.8, 4) is 0 Å². The fourth-order valence-corrected chi connectivity index (χ4v) is 3.67. The number of piperidine rings is 1. The van der Waals surface area contributed by atoms with Gasteiger partial charge in [-0.25, -0.2) is 0 Å². The molecule has 2 saturated heterocycles. The van der Waals surface area contributed by atoms with Gasteiger partial charge >= 0.3 is 0 Å². The molecule has 3 aliphatic rings. The van der Waals surface area contributed by atoms with Gasteiger partial charge in [0.1, 0.15) is 0 Å². The van der Waals surface area contributed by atoms with Crippen LogP contribution in [0.25, 0.3) is 0 Å². The Hall–Kier alpha value is -0.320. The molecule has 0 aromatic rings. The molecule has 4 nitrogen and oxygen atoms in total. The van der Waals surface area contributed by atoms with Crippen molar-refractivity contribution in [1.29, 1.82) is 0 Å². The third kappa shape index (κ3) is 4.83. The van der Waals surface area contributed by atoms with E-state index < -0.39 is 0 Å². The molecule has 1 saturated carbocycles. The number of hydrogen-bond donors (Lipinski definition) is 2. The van der Waals surface area contributed by atoms with Crippen LogP contribution in [0.2, 0.25) is 0 Å². The average molecular weight is 316 g/mol. The summed E-state index contributed by atoms with van der Waals surface area (Å²) in [6.45, 7) is 8.85. The van der Waals surface area contributed by atoms with Gasteiger partial charge < -0.3 is 15.5 Å². The van der Waals surface area contributed by atoms with Crippen LogP contribution >= 0.6 is 12.4 Å². The summed E-state index contributed by atoms with van der Waals surface area (Å²) in [4.78, 5) is 14.8. The Balaban J connectivity index is 0.00000161. The van der Waals surface area contributed by atoms with E-state index in [1.54, 1.807) is 0 Å². The highest BCUT2D eigenvalue weighted by Crippen LogP contribution is 2.29. The molecule has 3 rings (SSSR count). The lowest BCUT2D eigenvalue weighted by Gasteiger charge is -2.37. The first-order valence-electron chi connectivity index (χ1n) is 8.35. The Morgan fingerprint density at radius 3 is 2.86 bits per heavy atom. The van der Waals surface area contributed by atoms with Crippen LogP contribution in [0.1, 0.15) is 39.0 Å². The predicted molar refractivity (Wildman–Crippen MR) is 87.7 cm³/mol. The number of likely N-dealkylation sites (tertiary alicyclic amines) is 1.